The normalized spacial score (nSPS) is 18.8. The zero-order valence-electron chi connectivity index (χ0n) is 13.7. The molecule has 0 spiro atoms. The van der Waals surface area contributed by atoms with E-state index in [2.05, 4.69) is 26.3 Å². The van der Waals surface area contributed by atoms with E-state index in [1.807, 2.05) is 24.3 Å². The molecular weight excluding hydrogens is 244 g/mol. The maximum absolute atomic E-state index is 3.90. The molecule has 1 heterocycles. The van der Waals surface area contributed by atoms with Crippen LogP contribution in [-0.2, 0) is 0 Å². The van der Waals surface area contributed by atoms with Gasteiger partial charge in [-0.3, -0.25) is 0 Å². The largest absolute Gasteiger partial charge is 0.358 e. The lowest BCUT2D eigenvalue weighted by Gasteiger charge is -2.48. The van der Waals surface area contributed by atoms with Crippen LogP contribution in [0.15, 0.2) is 50.6 Å². The molecule has 0 atom stereocenters. The van der Waals surface area contributed by atoms with E-state index in [0.717, 1.165) is 35.1 Å². The lowest BCUT2D eigenvalue weighted by molar-refractivity contribution is -1.02. The van der Waals surface area contributed by atoms with Gasteiger partial charge in [0.25, 0.3) is 0 Å². The third kappa shape index (κ3) is 5.10. The van der Waals surface area contributed by atoms with Crippen LogP contribution in [0.5, 0.6) is 0 Å². The Hall–Kier alpha value is -1.12. The Kier molecular flexibility index (Phi) is 10.3. The summed E-state index contributed by atoms with van der Waals surface area (Å²) in [6.45, 7) is 24.6. The molecule has 0 saturated carbocycles. The van der Waals surface area contributed by atoms with E-state index >= 15 is 0 Å². The first-order valence-corrected chi connectivity index (χ1v) is 6.80. The van der Waals surface area contributed by atoms with Crippen LogP contribution in [0.1, 0.15) is 0 Å². The average molecular weight is 278 g/mol. The lowest BCUT2D eigenvalue weighted by atomic mass is 10.1. The highest BCUT2D eigenvalue weighted by atomic mass is 15.5. The lowest BCUT2D eigenvalue weighted by Crippen LogP contribution is -2.66. The molecule has 20 heavy (non-hydrogen) atoms. The summed E-state index contributed by atoms with van der Waals surface area (Å²) >= 11 is 0. The van der Waals surface area contributed by atoms with Crippen LogP contribution in [0.3, 0.4) is 0 Å². The molecule has 0 aromatic carbocycles. The van der Waals surface area contributed by atoms with Gasteiger partial charge in [0, 0.05) is 0 Å². The van der Waals surface area contributed by atoms with E-state index in [0.29, 0.717) is 0 Å². The van der Waals surface area contributed by atoms with E-state index in [1.165, 1.54) is 26.2 Å². The van der Waals surface area contributed by atoms with Gasteiger partial charge in [-0.15, -0.1) is 0 Å². The molecule has 1 saturated heterocycles. The van der Waals surface area contributed by atoms with Crippen LogP contribution < -0.4 is 0 Å². The highest BCUT2D eigenvalue weighted by Gasteiger charge is 2.39. The molecule has 0 aliphatic carbocycles. The van der Waals surface area contributed by atoms with Crippen molar-refractivity contribution < 1.29 is 8.97 Å². The minimum Gasteiger partial charge on any atom is -0.358 e. The van der Waals surface area contributed by atoms with Gasteiger partial charge in [-0.2, -0.15) is 0 Å². The maximum Gasteiger partial charge on any atom is 0.129 e. The van der Waals surface area contributed by atoms with E-state index in [4.69, 9.17) is 0 Å². The molecule has 0 aromatic heterocycles. The molecule has 116 valence electrons. The van der Waals surface area contributed by atoms with Crippen molar-refractivity contribution in [1.82, 2.24) is 0 Å². The fraction of sp³-hybridized carbons (Fsp3) is 0.444. The van der Waals surface area contributed by atoms with Crippen LogP contribution in [0, 0.1) is 14.9 Å². The quantitative estimate of drug-likeness (QED) is 0.363. The highest BCUT2D eigenvalue weighted by Crippen LogP contribution is 2.20. The van der Waals surface area contributed by atoms with E-state index < -0.39 is 0 Å². The molecule has 1 aliphatic rings. The Labute approximate surface area is 127 Å². The van der Waals surface area contributed by atoms with Gasteiger partial charge in [-0.25, -0.2) is 0 Å². The van der Waals surface area contributed by atoms with Crippen molar-refractivity contribution in [2.45, 2.75) is 0 Å². The standard InChI is InChI=1S/C16H28N2.2CH3/c1-5-9-17(10-6-2)13-15-18(11-7-3,12-8-4)16-14-17;;/h5-8H,1-4,9-16H2;2*1H3/q+2;2*-1. The van der Waals surface area contributed by atoms with E-state index in [1.54, 1.807) is 0 Å². The van der Waals surface area contributed by atoms with Crippen molar-refractivity contribution in [2.75, 3.05) is 52.4 Å². The first-order chi connectivity index (χ1) is 8.66. The van der Waals surface area contributed by atoms with Gasteiger partial charge in [-0.05, 0) is 24.3 Å². The minimum atomic E-state index is 0. The number of rotatable bonds is 8. The smallest absolute Gasteiger partial charge is 0.129 e. The van der Waals surface area contributed by atoms with Gasteiger partial charge >= 0.3 is 0 Å². The highest BCUT2D eigenvalue weighted by molar-refractivity contribution is 4.77. The fourth-order valence-electron chi connectivity index (χ4n) is 3.05. The van der Waals surface area contributed by atoms with Crippen LogP contribution in [0.4, 0.5) is 0 Å². The van der Waals surface area contributed by atoms with Gasteiger partial charge in [0.05, 0.1) is 26.2 Å². The van der Waals surface area contributed by atoms with Crippen LogP contribution in [0.25, 0.3) is 0 Å². The topological polar surface area (TPSA) is 0 Å². The van der Waals surface area contributed by atoms with Crippen molar-refractivity contribution in [3.63, 3.8) is 0 Å². The summed E-state index contributed by atoms with van der Waals surface area (Å²) in [5, 5.41) is 0. The molecule has 2 heteroatoms. The summed E-state index contributed by atoms with van der Waals surface area (Å²) in [7, 11) is 0. The average Bonchev–Trinajstić information content (AvgIpc) is 2.35. The summed E-state index contributed by atoms with van der Waals surface area (Å²) < 4.78 is 2.22. The second-order valence-corrected chi connectivity index (χ2v) is 5.46. The molecular formula is C18H34N2. The van der Waals surface area contributed by atoms with Gasteiger partial charge in [-0.1, -0.05) is 26.3 Å². The molecule has 1 aliphatic heterocycles. The molecule has 2 nitrogen and oxygen atoms in total. The monoisotopic (exact) mass is 278 g/mol. The Morgan fingerprint density at radius 3 is 0.900 bits per heavy atom. The molecule has 0 unspecified atom stereocenters. The Morgan fingerprint density at radius 1 is 0.550 bits per heavy atom. The van der Waals surface area contributed by atoms with Crippen LogP contribution >= 0.6 is 0 Å². The first kappa shape index (κ1) is 21.2. The van der Waals surface area contributed by atoms with Gasteiger partial charge in [0.2, 0.25) is 0 Å². The van der Waals surface area contributed by atoms with Crippen molar-refractivity contribution in [3.8, 4) is 0 Å². The first-order valence-electron chi connectivity index (χ1n) is 6.80. The molecule has 1 fully saturated rings. The van der Waals surface area contributed by atoms with Crippen molar-refractivity contribution in [3.05, 3.63) is 65.5 Å². The summed E-state index contributed by atoms with van der Waals surface area (Å²) in [5.74, 6) is 0. The summed E-state index contributed by atoms with van der Waals surface area (Å²) in [4.78, 5) is 0. The summed E-state index contributed by atoms with van der Waals surface area (Å²) in [6.07, 6.45) is 8.18. The zero-order chi connectivity index (χ0) is 13.5. The Morgan fingerprint density at radius 2 is 0.750 bits per heavy atom. The van der Waals surface area contributed by atoms with Gasteiger partial charge in [0.1, 0.15) is 26.2 Å². The Balaban J connectivity index is 0. The second kappa shape index (κ2) is 9.73. The number of hydrogen-bond acceptors (Lipinski definition) is 0. The van der Waals surface area contributed by atoms with E-state index in [-0.39, 0.29) is 14.9 Å². The fourth-order valence-corrected chi connectivity index (χ4v) is 3.05. The van der Waals surface area contributed by atoms with Crippen molar-refractivity contribution in [1.29, 1.82) is 0 Å². The molecule has 0 aromatic rings. The molecule has 0 radical (unpaired) electrons. The number of quaternary nitrogens is 2. The number of nitrogens with zero attached hydrogens (tertiary/aromatic N) is 2. The molecule has 0 N–H and O–H groups in total. The predicted molar refractivity (Wildman–Crippen MR) is 93.1 cm³/mol. The minimum absolute atomic E-state index is 0. The molecule has 1 rings (SSSR count). The maximum atomic E-state index is 3.90. The second-order valence-electron chi connectivity index (χ2n) is 5.46. The Bertz CT molecular complexity index is 253. The summed E-state index contributed by atoms with van der Waals surface area (Å²) in [6, 6.07) is 0. The zero-order valence-corrected chi connectivity index (χ0v) is 13.7. The number of piperazine rings is 1. The SMILES string of the molecule is C=CC[N+]1(CC=C)CC[N+](CC=C)(CC=C)CC1.[CH3-].[CH3-]. The predicted octanol–water partition coefficient (Wildman–Crippen LogP) is 3.28. The van der Waals surface area contributed by atoms with Crippen molar-refractivity contribution >= 4 is 0 Å². The van der Waals surface area contributed by atoms with Gasteiger partial charge < -0.3 is 23.8 Å². The third-order valence-electron chi connectivity index (χ3n) is 4.16. The van der Waals surface area contributed by atoms with Crippen LogP contribution in [0.2, 0.25) is 0 Å². The van der Waals surface area contributed by atoms with Crippen molar-refractivity contribution in [2.24, 2.45) is 0 Å². The van der Waals surface area contributed by atoms with Crippen LogP contribution in [-0.4, -0.2) is 61.3 Å². The van der Waals surface area contributed by atoms with E-state index in [9.17, 15) is 0 Å². The summed E-state index contributed by atoms with van der Waals surface area (Å²) in [5.41, 5.74) is 0. The third-order valence-corrected chi connectivity index (χ3v) is 4.16. The number of hydrogen-bond donors (Lipinski definition) is 0. The van der Waals surface area contributed by atoms with Gasteiger partial charge in [0.15, 0.2) is 0 Å². The molecule has 0 amide bonds. The molecule has 0 bridgehead atoms.